The van der Waals surface area contributed by atoms with Gasteiger partial charge in [0.05, 0.1) is 6.20 Å². The summed E-state index contributed by atoms with van der Waals surface area (Å²) < 4.78 is 0. The Morgan fingerprint density at radius 3 is 2.53 bits per heavy atom. The molecule has 3 rings (SSSR count). The minimum atomic E-state index is -0.102. The molecule has 6 heteroatoms. The third-order valence-electron chi connectivity index (χ3n) is 6.50. The van der Waals surface area contributed by atoms with Crippen molar-refractivity contribution in [2.24, 2.45) is 10.2 Å². The smallest absolute Gasteiger partial charge is 0.254 e. The van der Waals surface area contributed by atoms with Crippen molar-refractivity contribution < 1.29 is 4.79 Å². The summed E-state index contributed by atoms with van der Waals surface area (Å²) >= 11 is 6.33. The lowest BCUT2D eigenvalue weighted by atomic mass is 9.82. The van der Waals surface area contributed by atoms with Gasteiger partial charge in [-0.05, 0) is 86.5 Å². The van der Waals surface area contributed by atoms with Crippen molar-refractivity contribution in [3.05, 3.63) is 79.9 Å². The first-order chi connectivity index (χ1) is 16.4. The molecule has 0 spiro atoms. The predicted octanol–water partition coefficient (Wildman–Crippen LogP) is 6.30. The van der Waals surface area contributed by atoms with E-state index in [9.17, 15) is 9.70 Å². The van der Waals surface area contributed by atoms with E-state index in [0.29, 0.717) is 23.4 Å². The van der Waals surface area contributed by atoms with Crippen molar-refractivity contribution >= 4 is 29.3 Å². The molecule has 1 fully saturated rings. The summed E-state index contributed by atoms with van der Waals surface area (Å²) in [7, 11) is 1.75. The lowest BCUT2D eigenvalue weighted by Gasteiger charge is -2.41. The first-order valence-corrected chi connectivity index (χ1v) is 11.8. The summed E-state index contributed by atoms with van der Waals surface area (Å²) in [6.07, 6.45) is 15.1. The van der Waals surface area contributed by atoms with Crippen LogP contribution in [0.4, 0.5) is 0 Å². The molecule has 2 atom stereocenters. The van der Waals surface area contributed by atoms with Crippen LogP contribution in [0.25, 0.3) is 5.57 Å². The number of carbonyl (C=O) groups is 1. The minimum absolute atomic E-state index is 0.0422. The molecule has 0 radical (unpaired) electrons. The lowest BCUT2D eigenvalue weighted by Crippen LogP contribution is -2.48. The first kappa shape index (κ1) is 25.4. The maximum Gasteiger partial charge on any atom is 0.254 e. The normalized spacial score (nSPS) is 21.6. The highest BCUT2D eigenvalue weighted by atomic mass is 35.5. The monoisotopic (exact) mass is 475 g/mol. The van der Waals surface area contributed by atoms with Gasteiger partial charge in [0.25, 0.3) is 5.91 Å². The zero-order valence-corrected chi connectivity index (χ0v) is 20.9. The number of likely N-dealkylation sites (tertiary alicyclic amines) is 1. The Bertz CT molecular complexity index is 1170. The van der Waals surface area contributed by atoms with E-state index in [1.807, 2.05) is 23.2 Å². The number of allylic oxidation sites excluding steroid dienone is 4. The molecule has 1 aliphatic carbocycles. The van der Waals surface area contributed by atoms with Gasteiger partial charge in [0.15, 0.2) is 0 Å². The quantitative estimate of drug-likeness (QED) is 0.169. The number of rotatable bonds is 4. The third-order valence-corrected chi connectivity index (χ3v) is 6.74. The van der Waals surface area contributed by atoms with Crippen LogP contribution in [0.3, 0.4) is 0 Å². The molecule has 1 saturated heterocycles. The van der Waals surface area contributed by atoms with Crippen molar-refractivity contribution in [2.75, 3.05) is 7.05 Å². The topological polar surface area (TPSA) is 62.1 Å². The molecule has 0 saturated carbocycles. The summed E-state index contributed by atoms with van der Waals surface area (Å²) in [4.78, 5) is 30.0. The van der Waals surface area contributed by atoms with Crippen LogP contribution in [-0.2, 0) is 11.2 Å². The number of aliphatic imine (C=N–C) groups is 1. The van der Waals surface area contributed by atoms with Crippen LogP contribution in [-0.4, -0.2) is 36.2 Å². The van der Waals surface area contributed by atoms with Gasteiger partial charge >= 0.3 is 0 Å². The number of halogens is 1. The van der Waals surface area contributed by atoms with Crippen molar-refractivity contribution in [3.63, 3.8) is 0 Å². The van der Waals surface area contributed by atoms with E-state index >= 15 is 0 Å². The van der Waals surface area contributed by atoms with Gasteiger partial charge in [0, 0.05) is 47.1 Å². The molecular weight excluding hydrogens is 446 g/mol. The molecule has 0 bridgehead atoms. The number of piperidine rings is 1. The summed E-state index contributed by atoms with van der Waals surface area (Å²) in [5.41, 5.74) is 7.04. The van der Waals surface area contributed by atoms with Gasteiger partial charge in [-0.1, -0.05) is 35.2 Å². The molecule has 2 unspecified atom stereocenters. The van der Waals surface area contributed by atoms with Gasteiger partial charge in [-0.15, -0.1) is 11.3 Å². The molecule has 34 heavy (non-hydrogen) atoms. The Labute approximate surface area is 207 Å². The Kier molecular flexibility index (Phi) is 8.41. The standard InChI is InChI=1S/C28H30ClN3O2/c1-6-20-8-9-22-16-24(29)10-11-25(22)27(26(20)17-30-5)23-14-18(3)32(19(4)15-23)28(33)21(7-2)12-13-31-34/h1,7,10-13,16-19H,8-9,14-15H2,2-5H3/b13-12-,21-7+,27-23?,30-17?. The first-order valence-electron chi connectivity index (χ1n) is 11.5. The summed E-state index contributed by atoms with van der Waals surface area (Å²) in [6, 6.07) is 5.93. The highest BCUT2D eigenvalue weighted by Crippen LogP contribution is 2.41. The van der Waals surface area contributed by atoms with Gasteiger partial charge in [-0.2, -0.15) is 0 Å². The molecule has 1 aromatic rings. The SMILES string of the molecule is C#CC1=C(C=NC)C(=C2CC(C)N(C(=O)C(/C=C\N=O)=C/C)C(C)C2)c2ccc(Cl)cc2CC1. The number of nitroso groups, excluding NO2 is 1. The second-order valence-electron chi connectivity index (χ2n) is 8.69. The Balaban J connectivity index is 2.13. The van der Waals surface area contributed by atoms with Crippen LogP contribution in [0.15, 0.2) is 69.0 Å². The molecular formula is C28H30ClN3O2. The average molecular weight is 476 g/mol. The summed E-state index contributed by atoms with van der Waals surface area (Å²) in [6.45, 7) is 5.90. The zero-order chi connectivity index (χ0) is 24.8. The Hall–Kier alpha value is -3.23. The van der Waals surface area contributed by atoms with Gasteiger partial charge in [0.2, 0.25) is 0 Å². The second-order valence-corrected chi connectivity index (χ2v) is 9.12. The van der Waals surface area contributed by atoms with Crippen molar-refractivity contribution in [2.45, 2.75) is 58.5 Å². The lowest BCUT2D eigenvalue weighted by molar-refractivity contribution is -0.131. The number of carbonyl (C=O) groups excluding carboxylic acids is 1. The van der Waals surface area contributed by atoms with Crippen LogP contribution < -0.4 is 0 Å². The van der Waals surface area contributed by atoms with E-state index in [0.717, 1.165) is 41.3 Å². The molecule has 176 valence electrons. The molecule has 2 aliphatic rings. The summed E-state index contributed by atoms with van der Waals surface area (Å²) in [5.74, 6) is 2.79. The zero-order valence-electron chi connectivity index (χ0n) is 20.1. The maximum absolute atomic E-state index is 13.3. The largest absolute Gasteiger partial charge is 0.333 e. The van der Waals surface area contributed by atoms with Gasteiger partial charge in [-0.3, -0.25) is 9.79 Å². The molecule has 1 heterocycles. The predicted molar refractivity (Wildman–Crippen MR) is 141 cm³/mol. The summed E-state index contributed by atoms with van der Waals surface area (Å²) in [5, 5.41) is 3.45. The number of terminal acetylenes is 1. The highest BCUT2D eigenvalue weighted by molar-refractivity contribution is 6.30. The average Bonchev–Trinajstić information content (AvgIpc) is 2.95. The Morgan fingerprint density at radius 2 is 1.94 bits per heavy atom. The number of benzene rings is 1. The number of hydrogen-bond donors (Lipinski definition) is 0. The van der Waals surface area contributed by atoms with E-state index in [1.54, 1.807) is 20.0 Å². The van der Waals surface area contributed by atoms with E-state index in [-0.39, 0.29) is 18.0 Å². The number of fused-ring (bicyclic) bond motifs is 1. The maximum atomic E-state index is 13.3. The van der Waals surface area contributed by atoms with Gasteiger partial charge in [0.1, 0.15) is 0 Å². The van der Waals surface area contributed by atoms with Crippen LogP contribution in [0, 0.1) is 17.3 Å². The van der Waals surface area contributed by atoms with E-state index in [4.69, 9.17) is 18.0 Å². The molecule has 0 N–H and O–H groups in total. The number of hydrogen-bond acceptors (Lipinski definition) is 4. The third kappa shape index (κ3) is 5.13. The van der Waals surface area contributed by atoms with Crippen LogP contribution >= 0.6 is 11.6 Å². The molecule has 1 aliphatic heterocycles. The van der Waals surface area contributed by atoms with Crippen molar-refractivity contribution in [1.82, 2.24) is 4.90 Å². The van der Waals surface area contributed by atoms with E-state index < -0.39 is 0 Å². The Morgan fingerprint density at radius 1 is 1.24 bits per heavy atom. The molecule has 0 aromatic heterocycles. The molecule has 1 aromatic carbocycles. The fourth-order valence-corrected chi connectivity index (χ4v) is 5.28. The number of nitrogens with zero attached hydrogens (tertiary/aromatic N) is 3. The second kappa shape index (κ2) is 11.3. The van der Waals surface area contributed by atoms with Gasteiger partial charge in [-0.25, -0.2) is 0 Å². The fourth-order valence-electron chi connectivity index (χ4n) is 5.09. The van der Waals surface area contributed by atoms with Crippen molar-refractivity contribution in [3.8, 4) is 12.3 Å². The number of aryl methyl sites for hydroxylation is 1. The molecule has 1 amide bonds. The van der Waals surface area contributed by atoms with Crippen molar-refractivity contribution in [1.29, 1.82) is 0 Å². The van der Waals surface area contributed by atoms with E-state index in [1.165, 1.54) is 17.2 Å². The van der Waals surface area contributed by atoms with Crippen LogP contribution in [0.1, 0.15) is 51.2 Å². The van der Waals surface area contributed by atoms with Crippen LogP contribution in [0.2, 0.25) is 5.02 Å². The van der Waals surface area contributed by atoms with E-state index in [2.05, 4.69) is 36.0 Å². The highest BCUT2D eigenvalue weighted by Gasteiger charge is 2.34. The number of amides is 1. The van der Waals surface area contributed by atoms with Crippen LogP contribution in [0.5, 0.6) is 0 Å². The fraction of sp³-hybridized carbons (Fsp3) is 0.357. The minimum Gasteiger partial charge on any atom is -0.333 e. The van der Waals surface area contributed by atoms with Gasteiger partial charge < -0.3 is 4.90 Å². The molecule has 5 nitrogen and oxygen atoms in total.